The number of likely N-dealkylation sites (N-methyl/N-ethyl adjacent to an activating group) is 2. The second-order valence-electron chi connectivity index (χ2n) is 19.8. The van der Waals surface area contributed by atoms with Crippen molar-refractivity contribution >= 4 is 33.6 Å². The van der Waals surface area contributed by atoms with Gasteiger partial charge in [0.25, 0.3) is 12.9 Å². The van der Waals surface area contributed by atoms with Crippen LogP contribution in [0.15, 0.2) is 73.3 Å². The van der Waals surface area contributed by atoms with Crippen molar-refractivity contribution in [3.8, 4) is 45.0 Å². The third-order valence-electron chi connectivity index (χ3n) is 15.0. The summed E-state index contributed by atoms with van der Waals surface area (Å²) in [4.78, 5) is 48.8. The minimum atomic E-state index is -2.71. The minimum absolute atomic E-state index is 0.0328. The molecule has 74 heavy (non-hydrogen) atoms. The molecule has 10 heterocycles. The SMILES string of the molecule is C[C@@H]1C(=O)N(C)Cc2c(-c3cccc4nc(-c5cnn(C)c5)c(C(F)F)cc34)nc(C3CCOCC3)n21.C[C@H]1C(=O)N(C)Cc2c(-c3cccc4nc(-c5cnn(C)c5)c(C(F)F)cc34)nc(C3CCOCC3)n21. The number of carbonyl (C=O) groups excluding carboxylic acids is 2. The highest BCUT2D eigenvalue weighted by Gasteiger charge is 2.38. The van der Waals surface area contributed by atoms with Crippen LogP contribution in [-0.4, -0.2) is 111 Å². The number of pyridine rings is 2. The summed E-state index contributed by atoms with van der Waals surface area (Å²) in [5, 5.41) is 9.48. The molecule has 0 bridgehead atoms. The van der Waals surface area contributed by atoms with Crippen LogP contribution < -0.4 is 0 Å². The van der Waals surface area contributed by atoms with Crippen molar-refractivity contribution < 1.29 is 36.6 Å². The Morgan fingerprint density at radius 2 is 0.946 bits per heavy atom. The van der Waals surface area contributed by atoms with E-state index in [2.05, 4.69) is 29.3 Å². The van der Waals surface area contributed by atoms with Crippen LogP contribution in [0.5, 0.6) is 0 Å². The minimum Gasteiger partial charge on any atom is -0.381 e. The normalized spacial score (nSPS) is 18.7. The number of nitrogens with zero attached hydrogens (tertiary/aromatic N) is 12. The number of hydrogen-bond donors (Lipinski definition) is 0. The van der Waals surface area contributed by atoms with Gasteiger partial charge in [0.1, 0.15) is 23.7 Å². The molecule has 4 aliphatic rings. The number of imidazole rings is 2. The number of halogens is 4. The lowest BCUT2D eigenvalue weighted by Crippen LogP contribution is -2.40. The smallest absolute Gasteiger partial charge is 0.265 e. The maximum absolute atomic E-state index is 14.3. The van der Waals surface area contributed by atoms with E-state index in [1.807, 2.05) is 50.2 Å². The van der Waals surface area contributed by atoms with Crippen molar-refractivity contribution in [3.05, 3.63) is 107 Å². The van der Waals surface area contributed by atoms with Crippen molar-refractivity contribution in [3.63, 3.8) is 0 Å². The summed E-state index contributed by atoms with van der Waals surface area (Å²) in [6.07, 6.45) is 4.35. The van der Waals surface area contributed by atoms with E-state index in [1.165, 1.54) is 12.1 Å². The van der Waals surface area contributed by atoms with E-state index in [-0.39, 0.29) is 46.2 Å². The standard InChI is InChI=1S/2C27H28F2N6O2/c2*1-15-27(36)33(2)14-22-24(32-26(35(15)22)16-7-9-37-10-8-16)18-5-4-6-21-19(18)11-20(25(28)29)23(31-21)17-12-30-34(3)13-17/h2*4-6,11-13,15-16,25H,7-10,14H2,1-3H3/t2*15-/m10/s1. The highest BCUT2D eigenvalue weighted by atomic mass is 19.3. The number of aryl methyl sites for hydroxylation is 2. The number of fused-ring (bicyclic) bond motifs is 4. The number of alkyl halides is 4. The number of hydrogen-bond acceptors (Lipinski definition) is 10. The van der Waals surface area contributed by atoms with Crippen molar-refractivity contribution in [2.75, 3.05) is 40.5 Å². The molecule has 2 aromatic carbocycles. The zero-order valence-electron chi connectivity index (χ0n) is 42.0. The topological polar surface area (TPSA) is 156 Å². The fourth-order valence-corrected chi connectivity index (χ4v) is 11.2. The van der Waals surface area contributed by atoms with Gasteiger partial charge < -0.3 is 28.4 Å². The molecule has 20 heteroatoms. The molecule has 16 nitrogen and oxygen atoms in total. The molecule has 384 valence electrons. The van der Waals surface area contributed by atoms with Crippen LogP contribution in [-0.2, 0) is 46.2 Å². The number of ether oxygens (including phenoxy) is 2. The number of aromatic nitrogens is 10. The summed E-state index contributed by atoms with van der Waals surface area (Å²) in [7, 11) is 7.05. The lowest BCUT2D eigenvalue weighted by Gasteiger charge is -2.32. The number of benzene rings is 2. The van der Waals surface area contributed by atoms with E-state index >= 15 is 0 Å². The van der Waals surface area contributed by atoms with Crippen molar-refractivity contribution in [1.29, 1.82) is 0 Å². The Bertz CT molecular complexity index is 3230. The van der Waals surface area contributed by atoms with E-state index in [0.717, 1.165) is 71.2 Å². The van der Waals surface area contributed by atoms with Gasteiger partial charge in [-0.05, 0) is 63.8 Å². The van der Waals surface area contributed by atoms with E-state index in [4.69, 9.17) is 19.4 Å². The monoisotopic (exact) mass is 1010 g/mol. The molecular formula is C54H56F4N12O4. The molecule has 2 fully saturated rings. The maximum atomic E-state index is 14.3. The Morgan fingerprint density at radius 3 is 1.30 bits per heavy atom. The molecule has 8 aromatic rings. The van der Waals surface area contributed by atoms with Crippen LogP contribution >= 0.6 is 0 Å². The average molecular weight is 1010 g/mol. The first kappa shape index (κ1) is 48.9. The van der Waals surface area contributed by atoms with E-state index in [9.17, 15) is 27.2 Å². The molecule has 6 aromatic heterocycles. The first-order valence-corrected chi connectivity index (χ1v) is 25.0. The van der Waals surface area contributed by atoms with Gasteiger partial charge >= 0.3 is 0 Å². The van der Waals surface area contributed by atoms with Gasteiger partial charge in [-0.3, -0.25) is 19.0 Å². The van der Waals surface area contributed by atoms with Gasteiger partial charge in [-0.1, -0.05) is 24.3 Å². The molecule has 2 amide bonds. The molecular weight excluding hydrogens is 957 g/mol. The summed E-state index contributed by atoms with van der Waals surface area (Å²) in [5.41, 5.74) is 7.18. The molecule has 0 unspecified atom stereocenters. The summed E-state index contributed by atoms with van der Waals surface area (Å²) < 4.78 is 75.6. The number of rotatable bonds is 8. The predicted molar refractivity (Wildman–Crippen MR) is 268 cm³/mol. The fraction of sp³-hybridized carbons (Fsp3) is 0.407. The van der Waals surface area contributed by atoms with Crippen LogP contribution in [0, 0.1) is 0 Å². The molecule has 0 N–H and O–H groups in total. The summed E-state index contributed by atoms with van der Waals surface area (Å²) in [5.74, 6) is 2.14. The zero-order valence-corrected chi connectivity index (χ0v) is 42.0. The largest absolute Gasteiger partial charge is 0.381 e. The third-order valence-corrected chi connectivity index (χ3v) is 15.0. The zero-order chi connectivity index (χ0) is 51.7. The van der Waals surface area contributed by atoms with Gasteiger partial charge in [-0.15, -0.1) is 0 Å². The van der Waals surface area contributed by atoms with Crippen LogP contribution in [0.25, 0.3) is 66.8 Å². The fourth-order valence-electron chi connectivity index (χ4n) is 11.2. The molecule has 0 saturated carbocycles. The predicted octanol–water partition coefficient (Wildman–Crippen LogP) is 9.73. The quantitative estimate of drug-likeness (QED) is 0.134. The van der Waals surface area contributed by atoms with Crippen molar-refractivity contribution in [2.24, 2.45) is 14.1 Å². The molecule has 12 rings (SSSR count). The lowest BCUT2D eigenvalue weighted by atomic mass is 9.98. The second kappa shape index (κ2) is 19.5. The van der Waals surface area contributed by atoms with Crippen LogP contribution in [0.2, 0.25) is 0 Å². The molecule has 0 spiro atoms. The maximum Gasteiger partial charge on any atom is 0.265 e. The Hall–Kier alpha value is -7.32. The van der Waals surface area contributed by atoms with Crippen LogP contribution in [0.3, 0.4) is 0 Å². The average Bonchev–Trinajstić information content (AvgIpc) is 4.22. The number of carbonyl (C=O) groups is 2. The molecule has 0 radical (unpaired) electrons. The first-order valence-electron chi connectivity index (χ1n) is 25.0. The Labute approximate surface area is 423 Å². The van der Waals surface area contributed by atoms with Crippen molar-refractivity contribution in [1.82, 2.24) is 58.4 Å². The molecule has 0 aliphatic carbocycles. The highest BCUT2D eigenvalue weighted by molar-refractivity contribution is 5.98. The van der Waals surface area contributed by atoms with E-state index < -0.39 is 24.9 Å². The van der Waals surface area contributed by atoms with Crippen LogP contribution in [0.4, 0.5) is 17.6 Å². The second-order valence-corrected chi connectivity index (χ2v) is 19.8. The van der Waals surface area contributed by atoms with Gasteiger partial charge in [-0.2, -0.15) is 10.2 Å². The highest BCUT2D eigenvalue weighted by Crippen LogP contribution is 2.44. The Kier molecular flexibility index (Phi) is 12.9. The van der Waals surface area contributed by atoms with E-state index in [0.29, 0.717) is 72.4 Å². The first-order chi connectivity index (χ1) is 35.7. The van der Waals surface area contributed by atoms with Crippen molar-refractivity contribution in [2.45, 2.75) is 89.4 Å². The summed E-state index contributed by atoms with van der Waals surface area (Å²) >= 11 is 0. The van der Waals surface area contributed by atoms with Gasteiger partial charge in [0.2, 0.25) is 11.8 Å². The lowest BCUT2D eigenvalue weighted by molar-refractivity contribution is -0.136. The van der Waals surface area contributed by atoms with Gasteiger partial charge in [0.15, 0.2) is 0 Å². The molecule has 2 saturated heterocycles. The summed E-state index contributed by atoms with van der Waals surface area (Å²) in [6, 6.07) is 13.5. The van der Waals surface area contributed by atoms with Gasteiger partial charge in [0, 0.05) is 123 Å². The number of amides is 2. The Morgan fingerprint density at radius 1 is 0.554 bits per heavy atom. The molecule has 4 aliphatic heterocycles. The summed E-state index contributed by atoms with van der Waals surface area (Å²) in [6.45, 7) is 7.19. The van der Waals surface area contributed by atoms with Gasteiger partial charge in [0.05, 0.1) is 70.7 Å². The third kappa shape index (κ3) is 8.60. The van der Waals surface area contributed by atoms with Crippen LogP contribution in [0.1, 0.15) is 110 Å². The molecule has 2 atom stereocenters. The Balaban J connectivity index is 0.000000159. The van der Waals surface area contributed by atoms with Gasteiger partial charge in [-0.25, -0.2) is 37.5 Å². The van der Waals surface area contributed by atoms with E-state index in [1.54, 1.807) is 72.1 Å².